The summed E-state index contributed by atoms with van der Waals surface area (Å²) in [5, 5.41) is 10.4. The second kappa shape index (κ2) is 8.61. The van der Waals surface area contributed by atoms with Gasteiger partial charge in [0.2, 0.25) is 5.88 Å². The first kappa shape index (κ1) is 21.4. The van der Waals surface area contributed by atoms with E-state index in [0.29, 0.717) is 11.6 Å². The number of rotatable bonds is 6. The number of non-ortho nitro benzene ring substituents is 1. The van der Waals surface area contributed by atoms with Crippen molar-refractivity contribution in [2.45, 2.75) is 17.1 Å². The third-order valence-electron chi connectivity index (χ3n) is 3.59. The Balaban J connectivity index is 1.84. The molecule has 0 saturated heterocycles. The molecule has 0 fully saturated rings. The lowest BCUT2D eigenvalue weighted by atomic mass is 10.2. The van der Waals surface area contributed by atoms with Gasteiger partial charge in [-0.15, -0.1) is 0 Å². The number of thioether (sulfide) groups is 1. The van der Waals surface area contributed by atoms with E-state index in [4.69, 9.17) is 4.74 Å². The van der Waals surface area contributed by atoms with Gasteiger partial charge in [-0.1, -0.05) is 17.8 Å². The molecule has 12 heteroatoms. The Morgan fingerprint density at radius 3 is 2.30 bits per heavy atom. The van der Waals surface area contributed by atoms with Crippen molar-refractivity contribution >= 4 is 17.4 Å². The van der Waals surface area contributed by atoms with Crippen LogP contribution in [0.2, 0.25) is 0 Å². The third-order valence-corrected chi connectivity index (χ3v) is 4.51. The predicted molar refractivity (Wildman–Crippen MR) is 96.1 cm³/mol. The average molecular weight is 443 g/mol. The molecule has 0 saturated carbocycles. The zero-order valence-corrected chi connectivity index (χ0v) is 15.5. The Hall–Kier alpha value is -3.28. The van der Waals surface area contributed by atoms with Crippen LogP contribution in [0.25, 0.3) is 0 Å². The Kier molecular flexibility index (Phi) is 6.15. The summed E-state index contributed by atoms with van der Waals surface area (Å²) in [6, 6.07) is 8.37. The lowest BCUT2D eigenvalue weighted by molar-refractivity contribution is -0.384. The Bertz CT molecular complexity index is 1080. The Morgan fingerprint density at radius 1 is 1.00 bits per heavy atom. The second-order valence-electron chi connectivity index (χ2n) is 5.76. The van der Waals surface area contributed by atoms with Crippen LogP contribution in [0.3, 0.4) is 0 Å². The molecule has 0 atom stereocenters. The summed E-state index contributed by atoms with van der Waals surface area (Å²) >= 11 is 0.769. The molecule has 0 N–H and O–H groups in total. The highest BCUT2D eigenvalue weighted by molar-refractivity contribution is 7.98. The summed E-state index contributed by atoms with van der Waals surface area (Å²) in [4.78, 5) is 17.3. The molecule has 0 aliphatic rings. The van der Waals surface area contributed by atoms with E-state index < -0.39 is 34.3 Å². The average Bonchev–Trinajstić information content (AvgIpc) is 2.68. The minimum atomic E-state index is -4.78. The topological polar surface area (TPSA) is 78.2 Å². The predicted octanol–water partition coefficient (Wildman–Crippen LogP) is 5.77. The molecule has 0 aliphatic carbocycles. The zero-order valence-electron chi connectivity index (χ0n) is 14.7. The van der Waals surface area contributed by atoms with Crippen molar-refractivity contribution in [1.82, 2.24) is 9.97 Å². The van der Waals surface area contributed by atoms with Gasteiger partial charge in [-0.2, -0.15) is 18.2 Å². The van der Waals surface area contributed by atoms with Gasteiger partial charge in [0.05, 0.1) is 4.92 Å². The summed E-state index contributed by atoms with van der Waals surface area (Å²) < 4.78 is 71.1. The number of nitro groups is 1. The molecule has 1 heterocycles. The fourth-order valence-electron chi connectivity index (χ4n) is 2.20. The monoisotopic (exact) mass is 443 g/mol. The van der Waals surface area contributed by atoms with E-state index in [9.17, 15) is 32.1 Å². The van der Waals surface area contributed by atoms with E-state index in [1.165, 1.54) is 18.2 Å². The molecule has 0 bridgehead atoms. The van der Waals surface area contributed by atoms with Gasteiger partial charge in [0.1, 0.15) is 5.75 Å². The van der Waals surface area contributed by atoms with Crippen molar-refractivity contribution in [2.75, 3.05) is 0 Å². The Labute approximate surface area is 169 Å². The van der Waals surface area contributed by atoms with Crippen molar-refractivity contribution in [3.63, 3.8) is 0 Å². The minimum Gasteiger partial charge on any atom is -0.439 e. The van der Waals surface area contributed by atoms with Crippen LogP contribution in [-0.4, -0.2) is 14.9 Å². The van der Waals surface area contributed by atoms with Gasteiger partial charge in [0, 0.05) is 24.0 Å². The van der Waals surface area contributed by atoms with Crippen LogP contribution in [0.15, 0.2) is 53.7 Å². The summed E-state index contributed by atoms with van der Waals surface area (Å²) in [6.45, 7) is 0. The fourth-order valence-corrected chi connectivity index (χ4v) is 2.99. The molecule has 0 amide bonds. The van der Waals surface area contributed by atoms with E-state index in [1.807, 2.05) is 0 Å². The first-order valence-electron chi connectivity index (χ1n) is 8.07. The molecule has 0 aliphatic heterocycles. The fraction of sp³-hybridized carbons (Fsp3) is 0.111. The van der Waals surface area contributed by atoms with Crippen LogP contribution >= 0.6 is 11.8 Å². The summed E-state index contributed by atoms with van der Waals surface area (Å²) in [5.41, 5.74) is -1.16. The van der Waals surface area contributed by atoms with E-state index in [2.05, 4.69) is 9.97 Å². The van der Waals surface area contributed by atoms with Crippen LogP contribution in [0.5, 0.6) is 11.6 Å². The first-order chi connectivity index (χ1) is 14.1. The van der Waals surface area contributed by atoms with Crippen LogP contribution in [0.1, 0.15) is 11.3 Å². The molecule has 30 heavy (non-hydrogen) atoms. The number of alkyl halides is 3. The van der Waals surface area contributed by atoms with Crippen molar-refractivity contribution in [1.29, 1.82) is 0 Å². The van der Waals surface area contributed by atoms with Gasteiger partial charge in [-0.25, -0.2) is 13.8 Å². The SMILES string of the molecule is O=[N+]([O-])c1ccc(Oc2cc(C(F)(F)F)nc(SCc3ccc(F)c(F)c3)n2)cc1. The van der Waals surface area contributed by atoms with Gasteiger partial charge in [-0.05, 0) is 29.8 Å². The van der Waals surface area contributed by atoms with E-state index >= 15 is 0 Å². The number of halogens is 5. The van der Waals surface area contributed by atoms with Crippen molar-refractivity contribution in [3.8, 4) is 11.6 Å². The second-order valence-corrected chi connectivity index (χ2v) is 6.70. The molecule has 156 valence electrons. The highest BCUT2D eigenvalue weighted by Gasteiger charge is 2.34. The number of ether oxygens (including phenoxy) is 1. The smallest absolute Gasteiger partial charge is 0.433 e. The van der Waals surface area contributed by atoms with E-state index in [-0.39, 0.29) is 22.3 Å². The number of hydrogen-bond donors (Lipinski definition) is 0. The molecule has 0 radical (unpaired) electrons. The summed E-state index contributed by atoms with van der Waals surface area (Å²) in [7, 11) is 0. The number of benzene rings is 2. The number of hydrogen-bond acceptors (Lipinski definition) is 6. The maximum atomic E-state index is 13.3. The van der Waals surface area contributed by atoms with Crippen LogP contribution in [0, 0.1) is 21.7 Å². The quantitative estimate of drug-likeness (QED) is 0.158. The highest BCUT2D eigenvalue weighted by atomic mass is 32.2. The summed E-state index contributed by atoms with van der Waals surface area (Å²) in [6.07, 6.45) is -4.78. The molecule has 0 spiro atoms. The Morgan fingerprint density at radius 2 is 1.70 bits per heavy atom. The van der Waals surface area contributed by atoms with Gasteiger partial charge >= 0.3 is 6.18 Å². The van der Waals surface area contributed by atoms with Crippen molar-refractivity contribution in [2.24, 2.45) is 0 Å². The molecule has 6 nitrogen and oxygen atoms in total. The highest BCUT2D eigenvalue weighted by Crippen LogP contribution is 2.33. The van der Waals surface area contributed by atoms with Gasteiger partial charge in [0.25, 0.3) is 5.69 Å². The van der Waals surface area contributed by atoms with Crippen LogP contribution in [-0.2, 0) is 11.9 Å². The lowest BCUT2D eigenvalue weighted by Gasteiger charge is -2.11. The molecular formula is C18H10F5N3O3S. The maximum absolute atomic E-state index is 13.3. The largest absolute Gasteiger partial charge is 0.439 e. The number of nitrogens with zero attached hydrogens (tertiary/aromatic N) is 3. The number of nitro benzene ring substituents is 1. The molecule has 0 unspecified atom stereocenters. The third kappa shape index (κ3) is 5.41. The van der Waals surface area contributed by atoms with Gasteiger partial charge in [-0.3, -0.25) is 10.1 Å². The van der Waals surface area contributed by atoms with E-state index in [0.717, 1.165) is 36.0 Å². The number of aromatic nitrogens is 2. The zero-order chi connectivity index (χ0) is 21.9. The van der Waals surface area contributed by atoms with E-state index in [1.54, 1.807) is 0 Å². The first-order valence-corrected chi connectivity index (χ1v) is 9.06. The molecular weight excluding hydrogens is 433 g/mol. The van der Waals surface area contributed by atoms with Crippen molar-refractivity contribution in [3.05, 3.63) is 81.5 Å². The van der Waals surface area contributed by atoms with Crippen molar-refractivity contribution < 1.29 is 31.6 Å². The van der Waals surface area contributed by atoms with Crippen LogP contribution < -0.4 is 4.74 Å². The molecule has 3 rings (SSSR count). The molecule has 3 aromatic rings. The molecule has 1 aromatic heterocycles. The molecule has 2 aromatic carbocycles. The van der Waals surface area contributed by atoms with Gasteiger partial charge < -0.3 is 4.74 Å². The van der Waals surface area contributed by atoms with Crippen LogP contribution in [0.4, 0.5) is 27.6 Å². The normalized spacial score (nSPS) is 11.4. The minimum absolute atomic E-state index is 0.0184. The summed E-state index contributed by atoms with van der Waals surface area (Å²) in [5.74, 6) is -2.55. The lowest BCUT2D eigenvalue weighted by Crippen LogP contribution is -2.10. The standard InChI is InChI=1S/C18H10F5N3O3S/c19-13-6-1-10(7-14(13)20)9-30-17-24-15(18(21,22)23)8-16(25-17)29-12-4-2-11(3-5-12)26(27)28/h1-8H,9H2. The maximum Gasteiger partial charge on any atom is 0.433 e. The van der Waals surface area contributed by atoms with Gasteiger partial charge in [0.15, 0.2) is 22.5 Å².